The highest BCUT2D eigenvalue weighted by molar-refractivity contribution is 7.87. The Labute approximate surface area is 126 Å². The molecule has 2 aliphatic rings. The van der Waals surface area contributed by atoms with Gasteiger partial charge >= 0.3 is 0 Å². The second-order valence-corrected chi connectivity index (χ2v) is 7.58. The van der Waals surface area contributed by atoms with Crippen molar-refractivity contribution in [3.05, 3.63) is 35.9 Å². The van der Waals surface area contributed by atoms with Gasteiger partial charge in [0.1, 0.15) is 0 Å². The topological polar surface area (TPSA) is 69.6 Å². The van der Waals surface area contributed by atoms with Gasteiger partial charge in [-0.2, -0.15) is 17.4 Å². The second kappa shape index (κ2) is 6.04. The summed E-state index contributed by atoms with van der Waals surface area (Å²) in [5, 5.41) is 9.37. The molecule has 1 aliphatic heterocycles. The van der Waals surface area contributed by atoms with E-state index in [4.69, 9.17) is 0 Å². The summed E-state index contributed by atoms with van der Waals surface area (Å²) in [5.41, 5.74) is 1.18. The third kappa shape index (κ3) is 3.29. The quantitative estimate of drug-likeness (QED) is 0.859. The third-order valence-corrected chi connectivity index (χ3v) is 6.11. The number of hydrogen-bond acceptors (Lipinski definition) is 3. The molecular formula is C15H22N2O3S. The molecule has 1 heterocycles. The minimum absolute atomic E-state index is 0.0151. The van der Waals surface area contributed by atoms with E-state index in [9.17, 15) is 13.5 Å². The lowest BCUT2D eigenvalue weighted by atomic mass is 10.1. The number of nitrogens with zero attached hydrogens (tertiary/aromatic N) is 1. The van der Waals surface area contributed by atoms with Crippen LogP contribution >= 0.6 is 0 Å². The molecule has 21 heavy (non-hydrogen) atoms. The smallest absolute Gasteiger partial charge is 0.280 e. The molecule has 1 aromatic rings. The number of benzene rings is 1. The Morgan fingerprint density at radius 1 is 1.24 bits per heavy atom. The van der Waals surface area contributed by atoms with Crippen LogP contribution in [0.15, 0.2) is 30.3 Å². The van der Waals surface area contributed by atoms with Crippen molar-refractivity contribution < 1.29 is 13.5 Å². The first-order valence-corrected chi connectivity index (χ1v) is 9.01. The Kier molecular flexibility index (Phi) is 4.31. The highest BCUT2D eigenvalue weighted by atomic mass is 32.2. The Hall–Kier alpha value is -0.950. The monoisotopic (exact) mass is 310 g/mol. The molecule has 2 fully saturated rings. The summed E-state index contributed by atoms with van der Waals surface area (Å²) in [6.45, 7) is 0.400. The fourth-order valence-electron chi connectivity index (χ4n) is 3.13. The molecule has 3 atom stereocenters. The summed E-state index contributed by atoms with van der Waals surface area (Å²) in [6.07, 6.45) is 3.43. The number of aliphatic hydroxyl groups excluding tert-OH is 1. The van der Waals surface area contributed by atoms with Crippen molar-refractivity contribution in [2.45, 2.75) is 43.7 Å². The van der Waals surface area contributed by atoms with Gasteiger partial charge in [0, 0.05) is 24.5 Å². The fraction of sp³-hybridized carbons (Fsp3) is 0.600. The normalized spacial score (nSPS) is 30.2. The summed E-state index contributed by atoms with van der Waals surface area (Å²) in [4.78, 5) is 0. The molecule has 116 valence electrons. The Morgan fingerprint density at radius 3 is 2.71 bits per heavy atom. The van der Waals surface area contributed by atoms with Crippen molar-refractivity contribution >= 4 is 10.2 Å². The van der Waals surface area contributed by atoms with Gasteiger partial charge in [-0.05, 0) is 24.8 Å². The number of hydrogen-bond donors (Lipinski definition) is 2. The first kappa shape index (κ1) is 15.0. The number of rotatable bonds is 5. The van der Waals surface area contributed by atoms with Gasteiger partial charge < -0.3 is 5.11 Å². The summed E-state index contributed by atoms with van der Waals surface area (Å²) in [6, 6.07) is 9.71. The maximum atomic E-state index is 12.5. The molecule has 6 heteroatoms. The van der Waals surface area contributed by atoms with Gasteiger partial charge in [-0.15, -0.1) is 0 Å². The van der Waals surface area contributed by atoms with Crippen LogP contribution in [-0.2, 0) is 10.2 Å². The molecule has 3 rings (SSSR count). The van der Waals surface area contributed by atoms with Crippen molar-refractivity contribution in [1.82, 2.24) is 9.03 Å². The van der Waals surface area contributed by atoms with Crippen molar-refractivity contribution in [3.63, 3.8) is 0 Å². The number of nitrogens with one attached hydrogen (secondary N) is 1. The van der Waals surface area contributed by atoms with Gasteiger partial charge in [0.15, 0.2) is 0 Å². The first-order chi connectivity index (χ1) is 10.1. The molecule has 2 N–H and O–H groups in total. The minimum atomic E-state index is -3.50. The van der Waals surface area contributed by atoms with E-state index in [1.807, 2.05) is 30.3 Å². The van der Waals surface area contributed by atoms with Crippen molar-refractivity contribution in [1.29, 1.82) is 0 Å². The van der Waals surface area contributed by atoms with E-state index < -0.39 is 10.2 Å². The van der Waals surface area contributed by atoms with Crippen LogP contribution in [-0.4, -0.2) is 43.1 Å². The van der Waals surface area contributed by atoms with Crippen molar-refractivity contribution in [2.24, 2.45) is 0 Å². The molecule has 0 bridgehead atoms. The maximum Gasteiger partial charge on any atom is 0.280 e. The van der Waals surface area contributed by atoms with Crippen LogP contribution in [0.4, 0.5) is 0 Å². The lowest BCUT2D eigenvalue weighted by Gasteiger charge is -2.33. The van der Waals surface area contributed by atoms with Gasteiger partial charge in [0.2, 0.25) is 0 Å². The lowest BCUT2D eigenvalue weighted by molar-refractivity contribution is 0.154. The molecule has 1 saturated carbocycles. The highest BCUT2D eigenvalue weighted by Gasteiger charge is 2.43. The van der Waals surface area contributed by atoms with E-state index in [1.165, 1.54) is 9.87 Å². The summed E-state index contributed by atoms with van der Waals surface area (Å²) < 4.78 is 29.2. The van der Waals surface area contributed by atoms with Crippen LogP contribution in [0.3, 0.4) is 0 Å². The predicted octanol–water partition coefficient (Wildman–Crippen LogP) is 1.22. The minimum Gasteiger partial charge on any atom is -0.395 e. The van der Waals surface area contributed by atoms with Crippen molar-refractivity contribution in [2.75, 3.05) is 13.2 Å². The standard InChI is InChI=1S/C15H22N2O3S/c18-11-13-8-4-5-9-17(13)21(19,20)16-15-10-14(15)12-6-2-1-3-7-12/h1-3,6-7,13-16,18H,4-5,8-11H2. The molecule has 1 aliphatic carbocycles. The van der Waals surface area contributed by atoms with E-state index in [0.717, 1.165) is 25.7 Å². The van der Waals surface area contributed by atoms with Crippen LogP contribution in [0.25, 0.3) is 0 Å². The number of piperidine rings is 1. The van der Waals surface area contributed by atoms with Crippen LogP contribution in [0.5, 0.6) is 0 Å². The third-order valence-electron chi connectivity index (χ3n) is 4.41. The van der Waals surface area contributed by atoms with E-state index in [1.54, 1.807) is 0 Å². The Balaban J connectivity index is 1.65. The zero-order valence-electron chi connectivity index (χ0n) is 12.0. The number of aliphatic hydroxyl groups is 1. The maximum absolute atomic E-state index is 12.5. The van der Waals surface area contributed by atoms with E-state index in [-0.39, 0.29) is 24.6 Å². The van der Waals surface area contributed by atoms with E-state index in [0.29, 0.717) is 6.54 Å². The SMILES string of the molecule is O=S(=O)(NC1CC1c1ccccc1)N1CCCCC1CO. The molecule has 3 unspecified atom stereocenters. The molecule has 0 amide bonds. The van der Waals surface area contributed by atoms with Gasteiger partial charge in [0.25, 0.3) is 10.2 Å². The van der Waals surface area contributed by atoms with E-state index in [2.05, 4.69) is 4.72 Å². The highest BCUT2D eigenvalue weighted by Crippen LogP contribution is 2.41. The Morgan fingerprint density at radius 2 is 2.00 bits per heavy atom. The molecule has 5 nitrogen and oxygen atoms in total. The van der Waals surface area contributed by atoms with Gasteiger partial charge in [-0.1, -0.05) is 36.8 Å². The summed E-state index contributed by atoms with van der Waals surface area (Å²) in [7, 11) is -3.50. The molecule has 1 saturated heterocycles. The van der Waals surface area contributed by atoms with Gasteiger partial charge in [-0.25, -0.2) is 0 Å². The zero-order chi connectivity index (χ0) is 14.9. The fourth-order valence-corrected chi connectivity index (χ4v) is 4.84. The first-order valence-electron chi connectivity index (χ1n) is 7.57. The second-order valence-electron chi connectivity index (χ2n) is 5.93. The molecule has 0 radical (unpaired) electrons. The molecule has 0 aromatic heterocycles. The average molecular weight is 310 g/mol. The van der Waals surface area contributed by atoms with Crippen LogP contribution in [0, 0.1) is 0 Å². The van der Waals surface area contributed by atoms with Gasteiger partial charge in [0.05, 0.1) is 6.61 Å². The Bertz CT molecular complexity index is 576. The zero-order valence-corrected chi connectivity index (χ0v) is 12.8. The van der Waals surface area contributed by atoms with Crippen LogP contribution in [0.1, 0.15) is 37.2 Å². The molecule has 0 spiro atoms. The summed E-state index contributed by atoms with van der Waals surface area (Å²) in [5.74, 6) is 0.276. The largest absolute Gasteiger partial charge is 0.395 e. The molecule has 1 aromatic carbocycles. The van der Waals surface area contributed by atoms with E-state index >= 15 is 0 Å². The van der Waals surface area contributed by atoms with Crippen LogP contribution in [0.2, 0.25) is 0 Å². The van der Waals surface area contributed by atoms with Crippen LogP contribution < -0.4 is 4.72 Å². The predicted molar refractivity (Wildman–Crippen MR) is 81.1 cm³/mol. The lowest BCUT2D eigenvalue weighted by Crippen LogP contribution is -2.51. The van der Waals surface area contributed by atoms with Gasteiger partial charge in [-0.3, -0.25) is 0 Å². The summed E-state index contributed by atoms with van der Waals surface area (Å²) >= 11 is 0. The average Bonchev–Trinajstić information content (AvgIpc) is 3.26. The van der Waals surface area contributed by atoms with Crippen molar-refractivity contribution in [3.8, 4) is 0 Å². The molecular weight excluding hydrogens is 288 g/mol.